The first-order valence-corrected chi connectivity index (χ1v) is 9.49. The Labute approximate surface area is 147 Å². The number of rotatable bonds is 6. The zero-order chi connectivity index (χ0) is 17.0. The molecule has 1 aliphatic rings. The Bertz CT molecular complexity index is 670. The minimum atomic E-state index is -0.998. The molecule has 1 unspecified atom stereocenters. The van der Waals surface area contributed by atoms with Crippen molar-refractivity contribution in [3.05, 3.63) is 51.5 Å². The fourth-order valence-corrected chi connectivity index (χ4v) is 4.25. The average molecular weight is 343 g/mol. The summed E-state index contributed by atoms with van der Waals surface area (Å²) in [6, 6.07) is 9.50. The second-order valence-electron chi connectivity index (χ2n) is 6.61. The number of benzene rings is 1. The molecule has 0 saturated carbocycles. The second-order valence-corrected chi connectivity index (χ2v) is 7.78. The molecule has 3 rings (SSSR count). The van der Waals surface area contributed by atoms with Crippen LogP contribution in [0.4, 0.5) is 0 Å². The van der Waals surface area contributed by atoms with E-state index in [0.29, 0.717) is 6.54 Å². The van der Waals surface area contributed by atoms with E-state index in [1.165, 1.54) is 34.8 Å². The Kier molecular flexibility index (Phi) is 5.31. The molecule has 0 radical (unpaired) electrons. The minimum Gasteiger partial charge on any atom is -0.354 e. The average Bonchev–Trinajstić information content (AvgIpc) is 3.02. The third kappa shape index (κ3) is 3.84. The van der Waals surface area contributed by atoms with E-state index in [2.05, 4.69) is 5.32 Å². The number of carbonyl (C=O) groups is 1. The van der Waals surface area contributed by atoms with Gasteiger partial charge in [-0.3, -0.25) is 4.79 Å². The zero-order valence-corrected chi connectivity index (χ0v) is 15.0. The first kappa shape index (κ1) is 17.1. The van der Waals surface area contributed by atoms with Crippen LogP contribution >= 0.6 is 11.3 Å². The molecule has 128 valence electrons. The van der Waals surface area contributed by atoms with Gasteiger partial charge in [0.05, 0.1) is 10.7 Å². The number of nitrogens with one attached hydrogen (secondary N) is 1. The van der Waals surface area contributed by atoms with Crippen molar-refractivity contribution in [1.29, 1.82) is 0 Å². The molecule has 0 aliphatic heterocycles. The van der Waals surface area contributed by atoms with Gasteiger partial charge in [0.15, 0.2) is 0 Å². The van der Waals surface area contributed by atoms with Gasteiger partial charge in [0.25, 0.3) is 0 Å². The van der Waals surface area contributed by atoms with Gasteiger partial charge in [0.2, 0.25) is 5.91 Å². The van der Waals surface area contributed by atoms with Crippen LogP contribution in [-0.4, -0.2) is 17.4 Å². The van der Waals surface area contributed by atoms with Crippen LogP contribution in [0.5, 0.6) is 0 Å². The summed E-state index contributed by atoms with van der Waals surface area (Å²) >= 11 is 1.85. The van der Waals surface area contributed by atoms with Crippen LogP contribution in [0.3, 0.4) is 0 Å². The van der Waals surface area contributed by atoms with Crippen LogP contribution in [0.1, 0.15) is 47.3 Å². The zero-order valence-electron chi connectivity index (χ0n) is 14.2. The SMILES string of the molecule is CC(N)(C(=O)NCCCc1nc2c(s1)CCCC2)c1ccccc1. The summed E-state index contributed by atoms with van der Waals surface area (Å²) in [5, 5.41) is 4.17. The van der Waals surface area contributed by atoms with Gasteiger partial charge in [-0.1, -0.05) is 30.3 Å². The predicted molar refractivity (Wildman–Crippen MR) is 98.1 cm³/mol. The minimum absolute atomic E-state index is 0.132. The maximum atomic E-state index is 12.4. The molecule has 5 heteroatoms. The molecule has 24 heavy (non-hydrogen) atoms. The van der Waals surface area contributed by atoms with Gasteiger partial charge in [-0.25, -0.2) is 4.98 Å². The lowest BCUT2D eigenvalue weighted by Gasteiger charge is -2.24. The van der Waals surface area contributed by atoms with E-state index in [-0.39, 0.29) is 5.91 Å². The molecule has 1 amide bonds. The highest BCUT2D eigenvalue weighted by Crippen LogP contribution is 2.27. The first-order chi connectivity index (χ1) is 11.6. The van der Waals surface area contributed by atoms with Gasteiger partial charge < -0.3 is 11.1 Å². The number of nitrogens with zero attached hydrogens (tertiary/aromatic N) is 1. The van der Waals surface area contributed by atoms with E-state index < -0.39 is 5.54 Å². The fourth-order valence-electron chi connectivity index (χ4n) is 3.05. The number of carbonyl (C=O) groups excluding carboxylic acids is 1. The van der Waals surface area contributed by atoms with Gasteiger partial charge in [0.1, 0.15) is 5.54 Å². The van der Waals surface area contributed by atoms with Crippen molar-refractivity contribution < 1.29 is 4.79 Å². The Morgan fingerprint density at radius 1 is 1.29 bits per heavy atom. The lowest BCUT2D eigenvalue weighted by atomic mass is 9.92. The highest BCUT2D eigenvalue weighted by atomic mass is 32.1. The van der Waals surface area contributed by atoms with Gasteiger partial charge in [-0.2, -0.15) is 0 Å². The van der Waals surface area contributed by atoms with E-state index in [0.717, 1.165) is 24.8 Å². The predicted octanol–water partition coefficient (Wildman–Crippen LogP) is 2.94. The van der Waals surface area contributed by atoms with Crippen LogP contribution in [-0.2, 0) is 29.6 Å². The summed E-state index contributed by atoms with van der Waals surface area (Å²) in [5.74, 6) is -0.132. The molecule has 0 fully saturated rings. The maximum Gasteiger partial charge on any atom is 0.244 e. The van der Waals surface area contributed by atoms with Gasteiger partial charge in [-0.05, 0) is 44.6 Å². The largest absolute Gasteiger partial charge is 0.354 e. The Balaban J connectivity index is 1.48. The Morgan fingerprint density at radius 2 is 2.04 bits per heavy atom. The maximum absolute atomic E-state index is 12.4. The quantitative estimate of drug-likeness (QED) is 0.793. The highest BCUT2D eigenvalue weighted by Gasteiger charge is 2.29. The number of nitrogens with two attached hydrogens (primary N) is 1. The van der Waals surface area contributed by atoms with Crippen molar-refractivity contribution in [2.45, 2.75) is 51.0 Å². The van der Waals surface area contributed by atoms with Gasteiger partial charge in [-0.15, -0.1) is 11.3 Å². The smallest absolute Gasteiger partial charge is 0.244 e. The third-order valence-electron chi connectivity index (χ3n) is 4.59. The van der Waals surface area contributed by atoms with Crippen LogP contribution in [0.25, 0.3) is 0 Å². The van der Waals surface area contributed by atoms with Crippen molar-refractivity contribution in [1.82, 2.24) is 10.3 Å². The molecule has 1 heterocycles. The number of aryl methyl sites for hydroxylation is 3. The van der Waals surface area contributed by atoms with Crippen molar-refractivity contribution >= 4 is 17.2 Å². The van der Waals surface area contributed by atoms with Crippen molar-refractivity contribution in [3.8, 4) is 0 Å². The van der Waals surface area contributed by atoms with Gasteiger partial charge in [0, 0.05) is 17.8 Å². The Hall–Kier alpha value is -1.72. The molecular weight excluding hydrogens is 318 g/mol. The summed E-state index contributed by atoms with van der Waals surface area (Å²) in [6.07, 6.45) is 6.69. The summed E-state index contributed by atoms with van der Waals surface area (Å²) in [7, 11) is 0. The van der Waals surface area contributed by atoms with Crippen molar-refractivity contribution in [2.24, 2.45) is 5.73 Å². The standard InChI is InChI=1S/C19H25N3OS/c1-19(20,14-8-3-2-4-9-14)18(23)21-13-7-12-17-22-15-10-5-6-11-16(15)24-17/h2-4,8-9H,5-7,10-13,20H2,1H3,(H,21,23). The molecule has 0 spiro atoms. The van der Waals surface area contributed by atoms with E-state index in [1.54, 1.807) is 6.92 Å². The van der Waals surface area contributed by atoms with Crippen LogP contribution in [0.2, 0.25) is 0 Å². The summed E-state index contributed by atoms with van der Waals surface area (Å²) in [4.78, 5) is 18.6. The van der Waals surface area contributed by atoms with E-state index in [4.69, 9.17) is 10.7 Å². The van der Waals surface area contributed by atoms with Crippen molar-refractivity contribution in [2.75, 3.05) is 6.54 Å². The molecule has 1 atom stereocenters. The monoisotopic (exact) mass is 343 g/mol. The molecule has 4 nitrogen and oxygen atoms in total. The first-order valence-electron chi connectivity index (χ1n) is 8.67. The summed E-state index contributed by atoms with van der Waals surface area (Å²) < 4.78 is 0. The normalized spacial score (nSPS) is 16.2. The van der Waals surface area contributed by atoms with Gasteiger partial charge >= 0.3 is 0 Å². The number of amides is 1. The number of aromatic nitrogens is 1. The van der Waals surface area contributed by atoms with Crippen LogP contribution in [0, 0.1) is 0 Å². The second kappa shape index (κ2) is 7.45. The van der Waals surface area contributed by atoms with E-state index in [9.17, 15) is 4.79 Å². The Morgan fingerprint density at radius 3 is 2.79 bits per heavy atom. The lowest BCUT2D eigenvalue weighted by molar-refractivity contribution is -0.126. The molecule has 0 saturated heterocycles. The van der Waals surface area contributed by atoms with Crippen LogP contribution < -0.4 is 11.1 Å². The number of hydrogen-bond donors (Lipinski definition) is 2. The van der Waals surface area contributed by atoms with E-state index >= 15 is 0 Å². The van der Waals surface area contributed by atoms with Crippen molar-refractivity contribution in [3.63, 3.8) is 0 Å². The highest BCUT2D eigenvalue weighted by molar-refractivity contribution is 7.11. The molecule has 0 bridgehead atoms. The molecule has 1 aromatic carbocycles. The number of hydrogen-bond acceptors (Lipinski definition) is 4. The lowest BCUT2D eigenvalue weighted by Crippen LogP contribution is -2.49. The fraction of sp³-hybridized carbons (Fsp3) is 0.474. The number of fused-ring (bicyclic) bond motifs is 1. The molecule has 3 N–H and O–H groups in total. The van der Waals surface area contributed by atoms with E-state index in [1.807, 2.05) is 41.7 Å². The molecule has 2 aromatic rings. The summed E-state index contributed by atoms with van der Waals surface area (Å²) in [5.41, 5.74) is 7.36. The third-order valence-corrected chi connectivity index (χ3v) is 5.81. The molecular formula is C19H25N3OS. The van der Waals surface area contributed by atoms with Crippen LogP contribution in [0.15, 0.2) is 30.3 Å². The molecule has 1 aromatic heterocycles. The summed E-state index contributed by atoms with van der Waals surface area (Å²) in [6.45, 7) is 2.38. The number of thiazole rings is 1. The molecule has 1 aliphatic carbocycles. The topological polar surface area (TPSA) is 68.0 Å².